The van der Waals surface area contributed by atoms with E-state index in [0.29, 0.717) is 0 Å². The summed E-state index contributed by atoms with van der Waals surface area (Å²) >= 11 is 0. The highest BCUT2D eigenvalue weighted by molar-refractivity contribution is 4.38. The summed E-state index contributed by atoms with van der Waals surface area (Å²) in [4.78, 5) is 0. The molecule has 0 fully saturated rings. The zero-order valence-electron chi connectivity index (χ0n) is 4.82. The van der Waals surface area contributed by atoms with Crippen LogP contribution in [0.3, 0.4) is 0 Å². The van der Waals surface area contributed by atoms with Gasteiger partial charge in [-0.3, -0.25) is 0 Å². The summed E-state index contributed by atoms with van der Waals surface area (Å²) in [5.74, 6) is 0. The highest BCUT2D eigenvalue weighted by Gasteiger charge is 1.82. The van der Waals surface area contributed by atoms with E-state index in [1.807, 2.05) is 0 Å². The Morgan fingerprint density at radius 3 is 2.29 bits per heavy atom. The molecule has 0 saturated carbocycles. The molecule has 44 valence electrons. The second kappa shape index (κ2) is 5.92. The van der Waals surface area contributed by atoms with Crippen LogP contribution in [-0.4, -0.2) is 13.1 Å². The predicted molar refractivity (Wildman–Crippen MR) is 30.7 cm³/mol. The quantitative estimate of drug-likeness (QED) is 0.457. The number of nitrogens with two attached hydrogens (primary N) is 1. The molecular weight excluding hydrogens is 88.1 g/mol. The summed E-state index contributed by atoms with van der Waals surface area (Å²) in [6.07, 6.45) is 3.65. The van der Waals surface area contributed by atoms with Crippen LogP contribution in [0, 0.1) is 0 Å². The lowest BCUT2D eigenvalue weighted by Gasteiger charge is -1.89. The zero-order valence-corrected chi connectivity index (χ0v) is 4.82. The SMILES string of the molecule is NCCCCC[NH3+]. The molecule has 0 heterocycles. The molecule has 0 atom stereocenters. The molecule has 0 aromatic rings. The third-order valence-electron chi connectivity index (χ3n) is 0.954. The van der Waals surface area contributed by atoms with Crippen LogP contribution in [0.1, 0.15) is 19.3 Å². The first kappa shape index (κ1) is 6.92. The minimum atomic E-state index is 0.833. The Morgan fingerprint density at radius 1 is 1.14 bits per heavy atom. The van der Waals surface area contributed by atoms with Crippen LogP contribution in [0.15, 0.2) is 0 Å². The van der Waals surface area contributed by atoms with E-state index in [9.17, 15) is 0 Å². The summed E-state index contributed by atoms with van der Waals surface area (Å²) in [5, 5.41) is 0. The number of rotatable bonds is 4. The molecule has 0 aliphatic carbocycles. The standard InChI is InChI=1S/C5H14N2/c6-4-2-1-3-5-7/h1-7H2/p+1. The maximum atomic E-state index is 5.25. The van der Waals surface area contributed by atoms with E-state index < -0.39 is 0 Å². The topological polar surface area (TPSA) is 53.7 Å². The molecular formula is C5H15N2+. The minimum absolute atomic E-state index is 0.833. The summed E-state index contributed by atoms with van der Waals surface area (Å²) < 4.78 is 0. The zero-order chi connectivity index (χ0) is 5.54. The van der Waals surface area contributed by atoms with E-state index in [2.05, 4.69) is 5.73 Å². The molecule has 0 aromatic heterocycles. The third kappa shape index (κ3) is 5.92. The average Bonchev–Trinajstić information content (AvgIpc) is 1.69. The summed E-state index contributed by atoms with van der Waals surface area (Å²) in [5.41, 5.74) is 8.97. The lowest BCUT2D eigenvalue weighted by molar-refractivity contribution is -0.368. The molecule has 0 rings (SSSR count). The lowest BCUT2D eigenvalue weighted by atomic mass is 10.2. The Hall–Kier alpha value is -0.0800. The molecule has 0 bridgehead atoms. The van der Waals surface area contributed by atoms with Crippen molar-refractivity contribution >= 4 is 0 Å². The summed E-state index contributed by atoms with van der Waals surface area (Å²) in [7, 11) is 0. The van der Waals surface area contributed by atoms with Gasteiger partial charge in [0.15, 0.2) is 0 Å². The number of quaternary nitrogens is 1. The van der Waals surface area contributed by atoms with Crippen LogP contribution in [0.25, 0.3) is 0 Å². The van der Waals surface area contributed by atoms with E-state index in [4.69, 9.17) is 5.73 Å². The lowest BCUT2D eigenvalue weighted by Crippen LogP contribution is -2.50. The Bertz CT molecular complexity index is 25.3. The van der Waals surface area contributed by atoms with Crippen LogP contribution < -0.4 is 11.5 Å². The van der Waals surface area contributed by atoms with Crippen molar-refractivity contribution < 1.29 is 5.73 Å². The van der Waals surface area contributed by atoms with Gasteiger partial charge in [-0.1, -0.05) is 0 Å². The smallest absolute Gasteiger partial charge is 0.0739 e. The van der Waals surface area contributed by atoms with E-state index in [1.54, 1.807) is 0 Å². The Labute approximate surface area is 44.9 Å². The van der Waals surface area contributed by atoms with E-state index in [0.717, 1.165) is 19.5 Å². The Kier molecular flexibility index (Phi) is 5.85. The van der Waals surface area contributed by atoms with Gasteiger partial charge in [0.1, 0.15) is 0 Å². The van der Waals surface area contributed by atoms with Gasteiger partial charge in [0.25, 0.3) is 0 Å². The van der Waals surface area contributed by atoms with Crippen molar-refractivity contribution in [3.05, 3.63) is 0 Å². The second-order valence-corrected chi connectivity index (χ2v) is 1.70. The van der Waals surface area contributed by atoms with Gasteiger partial charge in [-0.15, -0.1) is 0 Å². The Balaban J connectivity index is 2.45. The molecule has 0 spiro atoms. The third-order valence-corrected chi connectivity index (χ3v) is 0.954. The molecule has 7 heavy (non-hydrogen) atoms. The van der Waals surface area contributed by atoms with Gasteiger partial charge in [-0.05, 0) is 25.8 Å². The molecule has 0 aliphatic heterocycles. The van der Waals surface area contributed by atoms with Crippen molar-refractivity contribution in [1.82, 2.24) is 0 Å². The molecule has 2 heteroatoms. The normalized spacial score (nSPS) is 9.43. The van der Waals surface area contributed by atoms with Gasteiger partial charge in [0.2, 0.25) is 0 Å². The molecule has 0 amide bonds. The van der Waals surface area contributed by atoms with Crippen molar-refractivity contribution in [2.75, 3.05) is 13.1 Å². The first-order valence-corrected chi connectivity index (χ1v) is 2.91. The average molecular weight is 103 g/mol. The molecule has 0 aliphatic rings. The van der Waals surface area contributed by atoms with Gasteiger partial charge in [-0.25, -0.2) is 0 Å². The Morgan fingerprint density at radius 2 is 1.86 bits per heavy atom. The second-order valence-electron chi connectivity index (χ2n) is 1.70. The highest BCUT2D eigenvalue weighted by atomic mass is 14.5. The van der Waals surface area contributed by atoms with Crippen molar-refractivity contribution in [3.63, 3.8) is 0 Å². The summed E-state index contributed by atoms with van der Waals surface area (Å²) in [6, 6.07) is 0. The molecule has 0 aromatic carbocycles. The predicted octanol–water partition coefficient (Wildman–Crippen LogP) is -0.643. The maximum Gasteiger partial charge on any atom is 0.0739 e. The van der Waals surface area contributed by atoms with E-state index >= 15 is 0 Å². The fraction of sp³-hybridized carbons (Fsp3) is 1.00. The summed E-state index contributed by atoms with van der Waals surface area (Å²) in [6.45, 7) is 1.89. The van der Waals surface area contributed by atoms with E-state index in [-0.39, 0.29) is 0 Å². The first-order valence-electron chi connectivity index (χ1n) is 2.91. The van der Waals surface area contributed by atoms with Crippen molar-refractivity contribution in [3.8, 4) is 0 Å². The molecule has 0 saturated heterocycles. The van der Waals surface area contributed by atoms with Crippen LogP contribution in [-0.2, 0) is 0 Å². The monoisotopic (exact) mass is 103 g/mol. The van der Waals surface area contributed by atoms with Gasteiger partial charge >= 0.3 is 0 Å². The van der Waals surface area contributed by atoms with E-state index in [1.165, 1.54) is 12.8 Å². The van der Waals surface area contributed by atoms with Crippen molar-refractivity contribution in [1.29, 1.82) is 0 Å². The molecule has 0 unspecified atom stereocenters. The molecule has 2 nitrogen and oxygen atoms in total. The molecule has 0 radical (unpaired) electrons. The van der Waals surface area contributed by atoms with Crippen LogP contribution in [0.4, 0.5) is 0 Å². The van der Waals surface area contributed by atoms with Gasteiger partial charge < -0.3 is 11.5 Å². The maximum absolute atomic E-state index is 5.25. The molecule has 5 N–H and O–H groups in total. The minimum Gasteiger partial charge on any atom is -0.358 e. The number of unbranched alkanes of at least 4 members (excludes halogenated alkanes) is 2. The van der Waals surface area contributed by atoms with Gasteiger partial charge in [-0.2, -0.15) is 0 Å². The fourth-order valence-corrected chi connectivity index (χ4v) is 0.498. The number of hydrogen-bond acceptors (Lipinski definition) is 1. The van der Waals surface area contributed by atoms with Crippen LogP contribution in [0.5, 0.6) is 0 Å². The fourth-order valence-electron chi connectivity index (χ4n) is 0.498. The van der Waals surface area contributed by atoms with Crippen LogP contribution in [0.2, 0.25) is 0 Å². The van der Waals surface area contributed by atoms with Crippen molar-refractivity contribution in [2.45, 2.75) is 19.3 Å². The first-order chi connectivity index (χ1) is 3.41. The highest BCUT2D eigenvalue weighted by Crippen LogP contribution is 1.87. The number of hydrogen-bond donors (Lipinski definition) is 2. The van der Waals surface area contributed by atoms with Gasteiger partial charge in [0, 0.05) is 0 Å². The largest absolute Gasteiger partial charge is 0.358 e. The van der Waals surface area contributed by atoms with Crippen LogP contribution >= 0.6 is 0 Å². The van der Waals surface area contributed by atoms with Gasteiger partial charge in [0.05, 0.1) is 6.54 Å². The van der Waals surface area contributed by atoms with Crippen molar-refractivity contribution in [2.24, 2.45) is 5.73 Å².